The molecule has 2 amide bonds. The Labute approximate surface area is 221 Å². The lowest BCUT2D eigenvalue weighted by Gasteiger charge is -2.30. The number of para-hydroxylation sites is 2. The molecule has 1 aromatic heterocycles. The second-order valence-corrected chi connectivity index (χ2v) is 8.71. The van der Waals surface area contributed by atoms with Crippen LogP contribution in [0, 0.1) is 0 Å². The Morgan fingerprint density at radius 1 is 0.895 bits per heavy atom. The lowest BCUT2D eigenvalue weighted by atomic mass is 10.00. The van der Waals surface area contributed by atoms with Gasteiger partial charge in [0.2, 0.25) is 0 Å². The summed E-state index contributed by atoms with van der Waals surface area (Å²) in [6, 6.07) is 26.6. The minimum Gasteiger partial charge on any atom is -0.436 e. The fourth-order valence-electron chi connectivity index (χ4n) is 4.11. The van der Waals surface area contributed by atoms with Crippen molar-refractivity contribution in [3.05, 3.63) is 126 Å². The Morgan fingerprint density at radius 2 is 1.53 bits per heavy atom. The van der Waals surface area contributed by atoms with Crippen molar-refractivity contribution >= 4 is 23.4 Å². The Kier molecular flexibility index (Phi) is 8.69. The highest BCUT2D eigenvalue weighted by Gasteiger charge is 2.27. The highest BCUT2D eigenvalue weighted by molar-refractivity contribution is 6.05. The monoisotopic (exact) mass is 510 g/mol. The molecule has 194 valence electrons. The molecule has 0 fully saturated rings. The van der Waals surface area contributed by atoms with Crippen LogP contribution in [0.4, 0.5) is 16.2 Å². The van der Waals surface area contributed by atoms with Crippen LogP contribution in [0.1, 0.15) is 46.1 Å². The number of hydrogen-bond acceptors (Lipinski definition) is 6. The number of nitrogens with zero attached hydrogens (tertiary/aromatic N) is 2. The van der Waals surface area contributed by atoms with E-state index in [1.807, 2.05) is 49.4 Å². The van der Waals surface area contributed by atoms with Gasteiger partial charge in [-0.1, -0.05) is 54.6 Å². The summed E-state index contributed by atoms with van der Waals surface area (Å²) in [5.41, 5.74) is 9.72. The Morgan fingerprint density at radius 3 is 2.18 bits per heavy atom. The second kappa shape index (κ2) is 12.5. The van der Waals surface area contributed by atoms with Crippen LogP contribution in [0.3, 0.4) is 0 Å². The zero-order valence-electron chi connectivity index (χ0n) is 21.0. The van der Waals surface area contributed by atoms with Gasteiger partial charge in [0.1, 0.15) is 0 Å². The van der Waals surface area contributed by atoms with E-state index in [-0.39, 0.29) is 25.1 Å². The van der Waals surface area contributed by atoms with E-state index in [1.54, 1.807) is 60.9 Å². The number of aliphatic hydroxyl groups is 1. The van der Waals surface area contributed by atoms with Crippen LogP contribution < -0.4 is 11.1 Å². The van der Waals surface area contributed by atoms with Gasteiger partial charge in [0.25, 0.3) is 5.91 Å². The van der Waals surface area contributed by atoms with Crippen molar-refractivity contribution in [2.75, 3.05) is 24.2 Å². The molecule has 0 saturated carbocycles. The molecule has 0 aliphatic carbocycles. The normalized spacial score (nSPS) is 12.3. The zero-order valence-corrected chi connectivity index (χ0v) is 21.0. The molecule has 2 atom stereocenters. The van der Waals surface area contributed by atoms with Crippen molar-refractivity contribution in [3.63, 3.8) is 0 Å². The van der Waals surface area contributed by atoms with Crippen molar-refractivity contribution in [1.82, 2.24) is 9.88 Å². The molecular formula is C30H30N4O4. The molecule has 0 bridgehead atoms. The van der Waals surface area contributed by atoms with Gasteiger partial charge in [-0.3, -0.25) is 14.7 Å². The third kappa shape index (κ3) is 6.35. The highest BCUT2D eigenvalue weighted by Crippen LogP contribution is 2.29. The van der Waals surface area contributed by atoms with E-state index in [2.05, 4.69) is 10.3 Å². The molecule has 1 heterocycles. The summed E-state index contributed by atoms with van der Waals surface area (Å²) in [5, 5.41) is 12.5. The van der Waals surface area contributed by atoms with E-state index < -0.39 is 12.2 Å². The van der Waals surface area contributed by atoms with Gasteiger partial charge in [-0.15, -0.1) is 0 Å². The number of amides is 2. The van der Waals surface area contributed by atoms with Gasteiger partial charge < -0.3 is 20.9 Å². The van der Waals surface area contributed by atoms with Gasteiger partial charge in [-0.2, -0.15) is 0 Å². The van der Waals surface area contributed by atoms with Gasteiger partial charge in [0.05, 0.1) is 24.0 Å². The van der Waals surface area contributed by atoms with Crippen LogP contribution in [0.5, 0.6) is 0 Å². The fourth-order valence-corrected chi connectivity index (χ4v) is 4.11. The molecule has 0 aliphatic heterocycles. The number of nitrogen functional groups attached to an aromatic ring is 1. The predicted octanol–water partition coefficient (Wildman–Crippen LogP) is 5.20. The Balaban J connectivity index is 1.57. The lowest BCUT2D eigenvalue weighted by molar-refractivity contribution is 0.0587. The van der Waals surface area contributed by atoms with Crippen LogP contribution in [0.25, 0.3) is 0 Å². The van der Waals surface area contributed by atoms with Crippen LogP contribution in [0.15, 0.2) is 103 Å². The first-order valence-corrected chi connectivity index (χ1v) is 12.3. The zero-order chi connectivity index (χ0) is 26.9. The average Bonchev–Trinajstić information content (AvgIpc) is 2.96. The van der Waals surface area contributed by atoms with E-state index in [1.165, 1.54) is 4.90 Å². The fraction of sp³-hybridized carbons (Fsp3) is 0.167. The molecule has 8 nitrogen and oxygen atoms in total. The van der Waals surface area contributed by atoms with Crippen molar-refractivity contribution in [2.45, 2.75) is 19.1 Å². The summed E-state index contributed by atoms with van der Waals surface area (Å²) in [4.78, 5) is 31.7. The summed E-state index contributed by atoms with van der Waals surface area (Å²) in [6.45, 7) is 1.76. The summed E-state index contributed by atoms with van der Waals surface area (Å²) < 4.78 is 6.03. The largest absolute Gasteiger partial charge is 0.436 e. The number of carbonyl (C=O) groups is 2. The van der Waals surface area contributed by atoms with Crippen molar-refractivity contribution in [1.29, 1.82) is 0 Å². The highest BCUT2D eigenvalue weighted by atomic mass is 16.6. The van der Waals surface area contributed by atoms with E-state index in [0.29, 0.717) is 22.5 Å². The maximum atomic E-state index is 13.4. The van der Waals surface area contributed by atoms with Crippen LogP contribution in [-0.4, -0.2) is 40.1 Å². The Hall–Kier alpha value is -4.69. The first kappa shape index (κ1) is 26.4. The number of carbonyl (C=O) groups excluding carboxylic acids is 2. The smallest absolute Gasteiger partial charge is 0.411 e. The van der Waals surface area contributed by atoms with Crippen molar-refractivity contribution < 1.29 is 19.4 Å². The van der Waals surface area contributed by atoms with Crippen LogP contribution in [0.2, 0.25) is 0 Å². The van der Waals surface area contributed by atoms with Gasteiger partial charge in [0.15, 0.2) is 6.10 Å². The number of nitrogens with one attached hydrogen (secondary N) is 1. The molecule has 0 radical (unpaired) electrons. The van der Waals surface area contributed by atoms with Crippen LogP contribution in [-0.2, 0) is 4.74 Å². The van der Waals surface area contributed by atoms with Gasteiger partial charge in [-0.25, -0.2) is 4.79 Å². The number of pyridine rings is 1. The number of aliphatic hydroxyl groups excluding tert-OH is 1. The van der Waals surface area contributed by atoms with Crippen LogP contribution >= 0.6 is 0 Å². The number of rotatable bonds is 9. The third-order valence-electron chi connectivity index (χ3n) is 6.24. The quantitative estimate of drug-likeness (QED) is 0.267. The second-order valence-electron chi connectivity index (χ2n) is 8.71. The molecule has 4 aromatic rings. The van der Waals surface area contributed by atoms with E-state index in [0.717, 1.165) is 11.1 Å². The number of ether oxygens (including phenoxy) is 1. The third-order valence-corrected chi connectivity index (χ3v) is 6.24. The molecule has 0 saturated heterocycles. The topological polar surface area (TPSA) is 118 Å². The van der Waals surface area contributed by atoms with E-state index in [9.17, 15) is 14.7 Å². The first-order valence-electron chi connectivity index (χ1n) is 12.3. The molecule has 3 aromatic carbocycles. The summed E-state index contributed by atoms with van der Waals surface area (Å²) in [6.07, 6.45) is 2.02. The van der Waals surface area contributed by atoms with E-state index >= 15 is 0 Å². The minimum absolute atomic E-state index is 0.103. The predicted molar refractivity (Wildman–Crippen MR) is 146 cm³/mol. The molecule has 8 heteroatoms. The SMILES string of the molecule is C[C@@H](c1ccncc1)N(CCO)C(=O)OC(c1ccccc1)c1ccc(C(=O)Nc2ccccc2N)cc1. The van der Waals surface area contributed by atoms with Gasteiger partial charge >= 0.3 is 6.09 Å². The molecular weight excluding hydrogens is 480 g/mol. The standard InChI is InChI=1S/C30H30N4O4/c1-21(22-15-17-32-18-16-22)34(19-20-35)30(37)38-28(23-7-3-2-4-8-23)24-11-13-25(14-12-24)29(36)33-27-10-6-5-9-26(27)31/h2-18,21,28,35H,19-20,31H2,1H3,(H,33,36)/t21-,28?/m0/s1. The summed E-state index contributed by atoms with van der Waals surface area (Å²) in [7, 11) is 0. The van der Waals surface area contributed by atoms with E-state index in [4.69, 9.17) is 10.5 Å². The van der Waals surface area contributed by atoms with Gasteiger partial charge in [0, 0.05) is 24.5 Å². The lowest BCUT2D eigenvalue weighted by Crippen LogP contribution is -2.37. The van der Waals surface area contributed by atoms with Crippen molar-refractivity contribution in [2.24, 2.45) is 0 Å². The number of nitrogens with two attached hydrogens (primary N) is 1. The number of benzene rings is 3. The maximum Gasteiger partial charge on any atom is 0.411 e. The molecule has 38 heavy (non-hydrogen) atoms. The molecule has 0 spiro atoms. The number of anilines is 2. The van der Waals surface area contributed by atoms with Gasteiger partial charge in [-0.05, 0) is 60.0 Å². The summed E-state index contributed by atoms with van der Waals surface area (Å²) >= 11 is 0. The molecule has 4 rings (SSSR count). The molecule has 4 N–H and O–H groups in total. The minimum atomic E-state index is -0.726. The number of hydrogen-bond donors (Lipinski definition) is 3. The average molecular weight is 511 g/mol. The first-order chi connectivity index (χ1) is 18.5. The maximum absolute atomic E-state index is 13.4. The molecule has 0 aliphatic rings. The number of aromatic nitrogens is 1. The van der Waals surface area contributed by atoms with Crippen molar-refractivity contribution in [3.8, 4) is 0 Å². The summed E-state index contributed by atoms with van der Waals surface area (Å²) in [5.74, 6) is -0.303. The molecule has 1 unspecified atom stereocenters. The Bertz CT molecular complexity index is 1350.